The molecule has 0 atom stereocenters. The monoisotopic (exact) mass is 452 g/mol. The number of anilines is 1. The van der Waals surface area contributed by atoms with E-state index in [0.717, 1.165) is 37.6 Å². The predicted octanol–water partition coefficient (Wildman–Crippen LogP) is 1.01. The molecule has 1 N–H and O–H groups in total. The van der Waals surface area contributed by atoms with Crippen LogP contribution in [0.5, 0.6) is 11.5 Å². The fourth-order valence-electron chi connectivity index (χ4n) is 3.94. The van der Waals surface area contributed by atoms with E-state index in [1.165, 1.54) is 50.1 Å². The molecule has 30 heavy (non-hydrogen) atoms. The number of quaternary nitrogens is 1. The van der Waals surface area contributed by atoms with Crippen molar-refractivity contribution in [3.8, 4) is 11.5 Å². The standard InChI is InChI=1S/C24H33ClN2O2.ClH/c1-20-11-12-21(25)24(19-20)29-18-8-4-3-7-13-26-14-16-27(17-15-26)22-9-5-6-10-23(22)28-2;/h5-6,9-12,19H,3-4,7-8,13-18H2,1-2H3;1H. The van der Waals surface area contributed by atoms with Gasteiger partial charge < -0.3 is 31.7 Å². The Labute approximate surface area is 192 Å². The van der Waals surface area contributed by atoms with Gasteiger partial charge in [-0.3, -0.25) is 0 Å². The summed E-state index contributed by atoms with van der Waals surface area (Å²) in [6.07, 6.45) is 4.85. The molecule has 1 saturated heterocycles. The van der Waals surface area contributed by atoms with Crippen molar-refractivity contribution in [2.45, 2.75) is 32.6 Å². The van der Waals surface area contributed by atoms with Crippen molar-refractivity contribution in [2.24, 2.45) is 0 Å². The van der Waals surface area contributed by atoms with Gasteiger partial charge in [-0.25, -0.2) is 0 Å². The van der Waals surface area contributed by atoms with Crippen LogP contribution in [0, 0.1) is 6.92 Å². The van der Waals surface area contributed by atoms with E-state index in [1.54, 1.807) is 12.0 Å². The second kappa shape index (κ2) is 12.9. The summed E-state index contributed by atoms with van der Waals surface area (Å²) in [5.41, 5.74) is 2.40. The van der Waals surface area contributed by atoms with E-state index < -0.39 is 0 Å². The number of unbranched alkanes of at least 4 members (excludes halogenated alkanes) is 3. The van der Waals surface area contributed by atoms with Gasteiger partial charge in [0.1, 0.15) is 11.5 Å². The highest BCUT2D eigenvalue weighted by Crippen LogP contribution is 2.27. The molecule has 1 aliphatic heterocycles. The molecular weight excluding hydrogens is 419 g/mol. The second-order valence-corrected chi connectivity index (χ2v) is 8.26. The Morgan fingerprint density at radius 3 is 2.47 bits per heavy atom. The Morgan fingerprint density at radius 1 is 0.967 bits per heavy atom. The van der Waals surface area contributed by atoms with Crippen LogP contribution in [0.3, 0.4) is 0 Å². The molecule has 0 aromatic heterocycles. The quantitative estimate of drug-likeness (QED) is 0.544. The summed E-state index contributed by atoms with van der Waals surface area (Å²) in [6.45, 7) is 8.67. The van der Waals surface area contributed by atoms with Crippen molar-refractivity contribution in [2.75, 3.05) is 51.3 Å². The average Bonchev–Trinajstić information content (AvgIpc) is 2.76. The molecule has 1 fully saturated rings. The molecular formula is C24H34Cl2N2O2. The zero-order valence-corrected chi connectivity index (χ0v) is 19.6. The third-order valence-electron chi connectivity index (χ3n) is 5.67. The van der Waals surface area contributed by atoms with E-state index in [0.29, 0.717) is 5.02 Å². The van der Waals surface area contributed by atoms with Gasteiger partial charge in [-0.05, 0) is 62.4 Å². The van der Waals surface area contributed by atoms with Gasteiger partial charge >= 0.3 is 0 Å². The van der Waals surface area contributed by atoms with Gasteiger partial charge in [-0.2, -0.15) is 0 Å². The summed E-state index contributed by atoms with van der Waals surface area (Å²) in [5.74, 6) is 1.79. The van der Waals surface area contributed by atoms with E-state index >= 15 is 0 Å². The lowest BCUT2D eigenvalue weighted by atomic mass is 10.1. The van der Waals surface area contributed by atoms with E-state index in [1.807, 2.05) is 30.3 Å². The SMILES string of the molecule is COc1ccccc1N1CC[NH+](CCCCCCOc2cc(C)ccc2Cl)CC1.[Cl-]. The normalized spacial score (nSPS) is 14.3. The molecule has 6 heteroatoms. The van der Waals surface area contributed by atoms with Gasteiger partial charge in [-0.15, -0.1) is 0 Å². The first-order valence-corrected chi connectivity index (χ1v) is 11.2. The third kappa shape index (κ3) is 7.26. The molecule has 0 saturated carbocycles. The number of hydrogen-bond acceptors (Lipinski definition) is 3. The van der Waals surface area contributed by atoms with Crippen LogP contribution >= 0.6 is 11.6 Å². The van der Waals surface area contributed by atoms with Crippen molar-refractivity contribution in [3.05, 3.63) is 53.1 Å². The minimum atomic E-state index is 0. The minimum Gasteiger partial charge on any atom is -1.00 e. The van der Waals surface area contributed by atoms with Crippen LogP contribution in [0.25, 0.3) is 0 Å². The van der Waals surface area contributed by atoms with Crippen molar-refractivity contribution in [1.82, 2.24) is 0 Å². The summed E-state index contributed by atoms with van der Waals surface area (Å²) in [4.78, 5) is 4.18. The Kier molecular flexibility index (Phi) is 10.6. The molecule has 3 rings (SSSR count). The van der Waals surface area contributed by atoms with E-state index in [2.05, 4.69) is 24.0 Å². The number of hydrogen-bond donors (Lipinski definition) is 1. The summed E-state index contributed by atoms with van der Waals surface area (Å²) >= 11 is 6.17. The fourth-order valence-corrected chi connectivity index (χ4v) is 4.11. The Balaban J connectivity index is 0.00000320. The van der Waals surface area contributed by atoms with Crippen LogP contribution in [-0.2, 0) is 0 Å². The zero-order chi connectivity index (χ0) is 20.5. The van der Waals surface area contributed by atoms with Crippen LogP contribution in [0.4, 0.5) is 5.69 Å². The average molecular weight is 453 g/mol. The molecule has 0 unspecified atom stereocenters. The van der Waals surface area contributed by atoms with Gasteiger partial charge in [0.05, 0.1) is 57.2 Å². The number of aryl methyl sites for hydroxylation is 1. The number of piperazine rings is 1. The number of ether oxygens (including phenoxy) is 2. The number of methoxy groups -OCH3 is 1. The smallest absolute Gasteiger partial charge is 0.142 e. The number of rotatable bonds is 10. The van der Waals surface area contributed by atoms with E-state index in [9.17, 15) is 0 Å². The first-order valence-electron chi connectivity index (χ1n) is 10.8. The van der Waals surface area contributed by atoms with Crippen molar-refractivity contribution in [3.63, 3.8) is 0 Å². The minimum absolute atomic E-state index is 0. The Morgan fingerprint density at radius 2 is 1.70 bits per heavy atom. The molecule has 0 bridgehead atoms. The first kappa shape index (κ1) is 24.6. The van der Waals surface area contributed by atoms with Gasteiger partial charge in [0.15, 0.2) is 0 Å². The summed E-state index contributed by atoms with van der Waals surface area (Å²) in [5, 5.41) is 0.700. The number of benzene rings is 2. The van der Waals surface area contributed by atoms with Crippen molar-refractivity contribution >= 4 is 17.3 Å². The summed E-state index contributed by atoms with van der Waals surface area (Å²) in [7, 11) is 1.75. The number of para-hydroxylation sites is 2. The molecule has 2 aromatic rings. The van der Waals surface area contributed by atoms with E-state index in [4.69, 9.17) is 21.1 Å². The number of nitrogens with zero attached hydrogens (tertiary/aromatic N) is 1. The lowest BCUT2D eigenvalue weighted by Gasteiger charge is -2.34. The highest BCUT2D eigenvalue weighted by Gasteiger charge is 2.21. The van der Waals surface area contributed by atoms with Crippen LogP contribution in [0.2, 0.25) is 5.02 Å². The Bertz CT molecular complexity index is 765. The highest BCUT2D eigenvalue weighted by molar-refractivity contribution is 6.32. The number of halogens is 2. The molecule has 0 aliphatic carbocycles. The van der Waals surface area contributed by atoms with Gasteiger partial charge in [0, 0.05) is 0 Å². The first-order chi connectivity index (χ1) is 14.2. The zero-order valence-electron chi connectivity index (χ0n) is 18.1. The molecule has 4 nitrogen and oxygen atoms in total. The van der Waals surface area contributed by atoms with Gasteiger partial charge in [-0.1, -0.05) is 29.8 Å². The molecule has 0 amide bonds. The van der Waals surface area contributed by atoms with Gasteiger partial charge in [0.2, 0.25) is 0 Å². The van der Waals surface area contributed by atoms with Crippen LogP contribution in [0.1, 0.15) is 31.2 Å². The maximum absolute atomic E-state index is 6.17. The lowest BCUT2D eigenvalue weighted by molar-refractivity contribution is -0.900. The summed E-state index contributed by atoms with van der Waals surface area (Å²) in [6, 6.07) is 14.3. The highest BCUT2D eigenvalue weighted by atomic mass is 35.5. The topological polar surface area (TPSA) is 26.1 Å². The van der Waals surface area contributed by atoms with E-state index in [-0.39, 0.29) is 12.4 Å². The van der Waals surface area contributed by atoms with Crippen LogP contribution < -0.4 is 31.7 Å². The maximum atomic E-state index is 6.17. The Hall–Kier alpha value is -1.62. The second-order valence-electron chi connectivity index (χ2n) is 7.86. The molecule has 0 spiro atoms. The lowest BCUT2D eigenvalue weighted by Crippen LogP contribution is -3.14. The maximum Gasteiger partial charge on any atom is 0.142 e. The predicted molar refractivity (Wildman–Crippen MR) is 121 cm³/mol. The molecule has 1 heterocycles. The van der Waals surface area contributed by atoms with Crippen molar-refractivity contribution in [1.29, 1.82) is 0 Å². The molecule has 0 radical (unpaired) electrons. The fraction of sp³-hybridized carbons (Fsp3) is 0.500. The largest absolute Gasteiger partial charge is 1.00 e. The molecule has 2 aromatic carbocycles. The van der Waals surface area contributed by atoms with Crippen LogP contribution in [0.15, 0.2) is 42.5 Å². The molecule has 166 valence electrons. The van der Waals surface area contributed by atoms with Crippen LogP contribution in [-0.4, -0.2) is 46.4 Å². The van der Waals surface area contributed by atoms with Gasteiger partial charge in [0.25, 0.3) is 0 Å². The molecule has 1 aliphatic rings. The van der Waals surface area contributed by atoms with Crippen molar-refractivity contribution < 1.29 is 26.8 Å². The third-order valence-corrected chi connectivity index (χ3v) is 5.98. The summed E-state index contributed by atoms with van der Waals surface area (Å²) < 4.78 is 11.3. The number of nitrogens with one attached hydrogen (secondary N) is 1.